The van der Waals surface area contributed by atoms with E-state index in [-0.39, 0.29) is 12.5 Å². The van der Waals surface area contributed by atoms with Gasteiger partial charge >= 0.3 is 0 Å². The van der Waals surface area contributed by atoms with Crippen LogP contribution in [0.25, 0.3) is 5.65 Å². The molecule has 1 amide bonds. The van der Waals surface area contributed by atoms with Crippen molar-refractivity contribution in [2.24, 2.45) is 0 Å². The number of nitrogens with zero attached hydrogens (tertiary/aromatic N) is 5. The average Bonchev–Trinajstić information content (AvgIpc) is 3.10. The molecule has 0 aliphatic rings. The quantitative estimate of drug-likeness (QED) is 0.720. The summed E-state index contributed by atoms with van der Waals surface area (Å²) in [5.41, 5.74) is 2.47. The third kappa shape index (κ3) is 2.72. The number of hydrogen-bond donors (Lipinski definition) is 2. The molecule has 3 aromatic heterocycles. The first-order valence-electron chi connectivity index (χ1n) is 7.23. The maximum Gasteiger partial charge on any atom is 0.260 e. The Kier molecular flexibility index (Phi) is 3.92. The standard InChI is InChI=1S/C14H17N7O2/c1-4-23-14-12-20-19-10(21(12)6-5-15-14)7-16-13(22)11-8(2)17-18-9(11)3/h5-6H,4,7H2,1-3H3,(H,16,22)(H,17,18). The van der Waals surface area contributed by atoms with E-state index in [4.69, 9.17) is 4.74 Å². The Balaban J connectivity index is 1.80. The fourth-order valence-corrected chi connectivity index (χ4v) is 2.34. The van der Waals surface area contributed by atoms with Gasteiger partial charge in [-0.05, 0) is 20.8 Å². The van der Waals surface area contributed by atoms with Gasteiger partial charge in [0.15, 0.2) is 5.82 Å². The van der Waals surface area contributed by atoms with Crippen LogP contribution in [0.3, 0.4) is 0 Å². The van der Waals surface area contributed by atoms with Crippen molar-refractivity contribution < 1.29 is 9.53 Å². The molecule has 0 spiro atoms. The van der Waals surface area contributed by atoms with Crippen LogP contribution in [0, 0.1) is 13.8 Å². The zero-order valence-electron chi connectivity index (χ0n) is 13.1. The third-order valence-corrected chi connectivity index (χ3v) is 3.41. The first kappa shape index (κ1) is 14.9. The number of H-pyrrole nitrogens is 1. The molecule has 0 bridgehead atoms. The predicted octanol–water partition coefficient (Wildman–Crippen LogP) is 0.793. The van der Waals surface area contributed by atoms with Crippen molar-refractivity contribution in [3.05, 3.63) is 35.2 Å². The van der Waals surface area contributed by atoms with Gasteiger partial charge in [-0.1, -0.05) is 0 Å². The van der Waals surface area contributed by atoms with E-state index in [2.05, 4.69) is 30.7 Å². The van der Waals surface area contributed by atoms with Gasteiger partial charge in [0.05, 0.1) is 24.4 Å². The number of hydrogen-bond acceptors (Lipinski definition) is 6. The minimum absolute atomic E-state index is 0.204. The molecular formula is C14H17N7O2. The second-order valence-electron chi connectivity index (χ2n) is 4.97. The van der Waals surface area contributed by atoms with Crippen LogP contribution in [0.2, 0.25) is 0 Å². The van der Waals surface area contributed by atoms with E-state index in [0.717, 1.165) is 5.69 Å². The van der Waals surface area contributed by atoms with E-state index in [1.807, 2.05) is 6.92 Å². The fraction of sp³-hybridized carbons (Fsp3) is 0.357. The Morgan fingerprint density at radius 3 is 2.91 bits per heavy atom. The molecule has 0 unspecified atom stereocenters. The number of carbonyl (C=O) groups excluding carboxylic acids is 1. The number of carbonyl (C=O) groups is 1. The molecule has 9 nitrogen and oxygen atoms in total. The SMILES string of the molecule is CCOc1nccn2c(CNC(=O)c3c(C)n[nH]c3C)nnc12. The van der Waals surface area contributed by atoms with Crippen molar-refractivity contribution in [3.63, 3.8) is 0 Å². The monoisotopic (exact) mass is 315 g/mol. The summed E-state index contributed by atoms with van der Waals surface area (Å²) in [6.45, 7) is 6.19. The Hall–Kier alpha value is -2.97. The number of aryl methyl sites for hydroxylation is 2. The highest BCUT2D eigenvalue weighted by Crippen LogP contribution is 2.15. The zero-order chi connectivity index (χ0) is 16.4. The second-order valence-corrected chi connectivity index (χ2v) is 4.97. The summed E-state index contributed by atoms with van der Waals surface area (Å²) in [4.78, 5) is 16.4. The summed E-state index contributed by atoms with van der Waals surface area (Å²) in [7, 11) is 0. The molecule has 0 saturated heterocycles. The number of aromatic nitrogens is 6. The lowest BCUT2D eigenvalue weighted by Crippen LogP contribution is -2.25. The van der Waals surface area contributed by atoms with Gasteiger partial charge in [0.2, 0.25) is 5.65 Å². The zero-order valence-corrected chi connectivity index (χ0v) is 13.1. The Morgan fingerprint density at radius 2 is 2.22 bits per heavy atom. The third-order valence-electron chi connectivity index (χ3n) is 3.41. The summed E-state index contributed by atoms with van der Waals surface area (Å²) in [6.07, 6.45) is 3.34. The van der Waals surface area contributed by atoms with E-state index < -0.39 is 0 Å². The van der Waals surface area contributed by atoms with Crippen LogP contribution in [0.1, 0.15) is 34.5 Å². The molecule has 3 heterocycles. The highest BCUT2D eigenvalue weighted by atomic mass is 16.5. The van der Waals surface area contributed by atoms with E-state index in [1.165, 1.54) is 0 Å². The normalized spacial score (nSPS) is 10.9. The minimum atomic E-state index is -0.204. The molecule has 3 rings (SSSR count). The van der Waals surface area contributed by atoms with Crippen LogP contribution in [-0.4, -0.2) is 42.3 Å². The van der Waals surface area contributed by atoms with Crippen molar-refractivity contribution in [2.75, 3.05) is 6.61 Å². The number of ether oxygens (including phenoxy) is 1. The molecular weight excluding hydrogens is 298 g/mol. The van der Waals surface area contributed by atoms with Gasteiger partial charge in [0, 0.05) is 18.1 Å². The summed E-state index contributed by atoms with van der Waals surface area (Å²) in [5.74, 6) is 0.807. The molecule has 0 fully saturated rings. The molecule has 0 aliphatic heterocycles. The van der Waals surface area contributed by atoms with Crippen molar-refractivity contribution in [2.45, 2.75) is 27.3 Å². The van der Waals surface area contributed by atoms with E-state index in [9.17, 15) is 4.79 Å². The van der Waals surface area contributed by atoms with Crippen LogP contribution >= 0.6 is 0 Å². The fourth-order valence-electron chi connectivity index (χ4n) is 2.34. The second kappa shape index (κ2) is 6.03. The maximum atomic E-state index is 12.3. The van der Waals surface area contributed by atoms with Gasteiger partial charge in [0.1, 0.15) is 0 Å². The molecule has 0 radical (unpaired) electrons. The topological polar surface area (TPSA) is 110 Å². The first-order chi connectivity index (χ1) is 11.1. The van der Waals surface area contributed by atoms with Crippen LogP contribution in [-0.2, 0) is 6.54 Å². The maximum absolute atomic E-state index is 12.3. The Labute approximate surface area is 132 Å². The van der Waals surface area contributed by atoms with Crippen molar-refractivity contribution >= 4 is 11.6 Å². The molecule has 2 N–H and O–H groups in total. The molecule has 0 atom stereocenters. The predicted molar refractivity (Wildman–Crippen MR) is 81.2 cm³/mol. The van der Waals surface area contributed by atoms with Gasteiger partial charge in [-0.25, -0.2) is 4.98 Å². The summed E-state index contributed by atoms with van der Waals surface area (Å²) in [6, 6.07) is 0. The highest BCUT2D eigenvalue weighted by molar-refractivity contribution is 5.96. The van der Waals surface area contributed by atoms with Crippen LogP contribution < -0.4 is 10.1 Å². The van der Waals surface area contributed by atoms with Crippen molar-refractivity contribution in [3.8, 4) is 5.88 Å². The summed E-state index contributed by atoms with van der Waals surface area (Å²) in [5, 5.41) is 17.8. The van der Waals surface area contributed by atoms with E-state index in [0.29, 0.717) is 35.2 Å². The molecule has 120 valence electrons. The summed E-state index contributed by atoms with van der Waals surface area (Å²) >= 11 is 0. The average molecular weight is 315 g/mol. The van der Waals surface area contributed by atoms with Crippen LogP contribution in [0.15, 0.2) is 12.4 Å². The number of nitrogens with one attached hydrogen (secondary N) is 2. The molecule has 23 heavy (non-hydrogen) atoms. The van der Waals surface area contributed by atoms with Crippen LogP contribution in [0.5, 0.6) is 5.88 Å². The van der Waals surface area contributed by atoms with Gasteiger partial charge < -0.3 is 10.1 Å². The van der Waals surface area contributed by atoms with E-state index >= 15 is 0 Å². The highest BCUT2D eigenvalue weighted by Gasteiger charge is 2.17. The molecule has 9 heteroatoms. The van der Waals surface area contributed by atoms with Gasteiger partial charge in [0.25, 0.3) is 11.8 Å². The molecule has 0 aromatic carbocycles. The molecule has 0 saturated carbocycles. The van der Waals surface area contributed by atoms with Crippen molar-refractivity contribution in [1.29, 1.82) is 0 Å². The number of aromatic amines is 1. The molecule has 3 aromatic rings. The minimum Gasteiger partial charge on any atom is -0.475 e. The lowest BCUT2D eigenvalue weighted by Gasteiger charge is -2.05. The number of rotatable bonds is 5. The lowest BCUT2D eigenvalue weighted by atomic mass is 10.2. The van der Waals surface area contributed by atoms with Gasteiger partial charge in [-0.2, -0.15) is 5.10 Å². The van der Waals surface area contributed by atoms with Crippen molar-refractivity contribution in [1.82, 2.24) is 35.1 Å². The first-order valence-corrected chi connectivity index (χ1v) is 7.23. The lowest BCUT2D eigenvalue weighted by molar-refractivity contribution is 0.0948. The number of amides is 1. The molecule has 0 aliphatic carbocycles. The van der Waals surface area contributed by atoms with Crippen LogP contribution in [0.4, 0.5) is 0 Å². The van der Waals surface area contributed by atoms with E-state index in [1.54, 1.807) is 30.6 Å². The Bertz CT molecular complexity index is 833. The largest absolute Gasteiger partial charge is 0.475 e. The van der Waals surface area contributed by atoms with Gasteiger partial charge in [-0.15, -0.1) is 10.2 Å². The number of fused-ring (bicyclic) bond motifs is 1. The van der Waals surface area contributed by atoms with Gasteiger partial charge in [-0.3, -0.25) is 14.3 Å². The smallest absolute Gasteiger partial charge is 0.260 e. The Morgan fingerprint density at radius 1 is 1.39 bits per heavy atom. The summed E-state index contributed by atoms with van der Waals surface area (Å²) < 4.78 is 7.16.